The van der Waals surface area contributed by atoms with Crippen LogP contribution in [0.25, 0.3) is 0 Å². The fourth-order valence-corrected chi connectivity index (χ4v) is 6.04. The van der Waals surface area contributed by atoms with Gasteiger partial charge in [0.1, 0.15) is 11.9 Å². The van der Waals surface area contributed by atoms with Gasteiger partial charge < -0.3 is 14.8 Å². The second-order valence-corrected chi connectivity index (χ2v) is 10.5. The maximum atomic E-state index is 13.9. The molecular formula is C32H37NO4. The zero-order valence-corrected chi connectivity index (χ0v) is 21.9. The molecule has 2 aromatic rings. The van der Waals surface area contributed by atoms with Crippen LogP contribution < -0.4 is 10.1 Å². The van der Waals surface area contributed by atoms with Crippen molar-refractivity contribution in [1.29, 1.82) is 0 Å². The van der Waals surface area contributed by atoms with Crippen molar-refractivity contribution in [3.8, 4) is 5.75 Å². The molecular weight excluding hydrogens is 462 g/mol. The van der Waals surface area contributed by atoms with Gasteiger partial charge in [-0.05, 0) is 63.0 Å². The highest BCUT2D eigenvalue weighted by atomic mass is 16.5. The van der Waals surface area contributed by atoms with Gasteiger partial charge in [-0.2, -0.15) is 0 Å². The maximum absolute atomic E-state index is 13.9. The molecule has 5 heteroatoms. The Morgan fingerprint density at radius 1 is 0.973 bits per heavy atom. The van der Waals surface area contributed by atoms with Crippen molar-refractivity contribution in [2.45, 2.75) is 83.2 Å². The van der Waals surface area contributed by atoms with Crippen LogP contribution in [0.4, 0.5) is 0 Å². The number of Topliss-reactive ketones (excluding diaryl/α,β-unsaturated/α-hetero) is 1. The zero-order valence-electron chi connectivity index (χ0n) is 21.9. The molecule has 0 aromatic heterocycles. The molecule has 0 bridgehead atoms. The van der Waals surface area contributed by atoms with Crippen LogP contribution in [0.3, 0.4) is 0 Å². The lowest BCUT2D eigenvalue weighted by atomic mass is 9.71. The maximum Gasteiger partial charge on any atom is 0.337 e. The second kappa shape index (κ2) is 11.4. The Kier molecular flexibility index (Phi) is 7.78. The first-order chi connectivity index (χ1) is 18.1. The van der Waals surface area contributed by atoms with Gasteiger partial charge in [0.15, 0.2) is 5.78 Å². The van der Waals surface area contributed by atoms with Crippen molar-refractivity contribution in [2.75, 3.05) is 6.61 Å². The SMILES string of the molecule is CCCOc1ccccc1C1C(C(=O)OC2CCCCC2)=C(C)NC2=C1C(=O)CC(c1ccccc1)C2. The number of esters is 1. The van der Waals surface area contributed by atoms with Gasteiger partial charge in [0, 0.05) is 29.0 Å². The summed E-state index contributed by atoms with van der Waals surface area (Å²) in [6, 6.07) is 18.0. The lowest BCUT2D eigenvalue weighted by Crippen LogP contribution is -2.37. The molecule has 2 aliphatic carbocycles. The molecule has 1 N–H and O–H groups in total. The van der Waals surface area contributed by atoms with Gasteiger partial charge in [-0.3, -0.25) is 4.79 Å². The van der Waals surface area contributed by atoms with E-state index in [-0.39, 0.29) is 23.8 Å². The van der Waals surface area contributed by atoms with E-state index in [1.807, 2.05) is 49.4 Å². The lowest BCUT2D eigenvalue weighted by molar-refractivity contribution is -0.146. The van der Waals surface area contributed by atoms with Crippen molar-refractivity contribution >= 4 is 11.8 Å². The second-order valence-electron chi connectivity index (χ2n) is 10.5. The third-order valence-corrected chi connectivity index (χ3v) is 7.84. The molecule has 37 heavy (non-hydrogen) atoms. The Labute approximate surface area is 219 Å². The first kappa shape index (κ1) is 25.3. The number of rotatable bonds is 7. The number of benzene rings is 2. The average Bonchev–Trinajstić information content (AvgIpc) is 2.92. The third kappa shape index (κ3) is 5.36. The van der Waals surface area contributed by atoms with E-state index in [4.69, 9.17) is 9.47 Å². The van der Waals surface area contributed by atoms with Gasteiger partial charge in [0.2, 0.25) is 0 Å². The van der Waals surface area contributed by atoms with Crippen LogP contribution in [0, 0.1) is 0 Å². The molecule has 5 rings (SSSR count). The van der Waals surface area contributed by atoms with E-state index >= 15 is 0 Å². The molecule has 3 aliphatic rings. The number of para-hydroxylation sites is 1. The molecule has 0 saturated heterocycles. The summed E-state index contributed by atoms with van der Waals surface area (Å²) in [6.45, 7) is 4.57. The van der Waals surface area contributed by atoms with E-state index in [1.165, 1.54) is 6.42 Å². The topological polar surface area (TPSA) is 64.6 Å². The summed E-state index contributed by atoms with van der Waals surface area (Å²) in [7, 11) is 0. The fourth-order valence-electron chi connectivity index (χ4n) is 6.04. The number of carbonyl (C=O) groups is 2. The van der Waals surface area contributed by atoms with E-state index in [9.17, 15) is 9.59 Å². The molecule has 2 atom stereocenters. The van der Waals surface area contributed by atoms with Crippen molar-refractivity contribution in [3.05, 3.63) is 88.3 Å². The largest absolute Gasteiger partial charge is 0.493 e. The standard InChI is InChI=1S/C32H37NO4/c1-3-18-36-28-17-11-10-16-25(28)30-29(32(35)37-24-14-8-5-9-15-24)21(2)33-26-19-23(20-27(34)31(26)30)22-12-6-4-7-13-22/h4,6-7,10-13,16-17,23-24,30,33H,3,5,8-9,14-15,18-20H2,1-2H3. The highest BCUT2D eigenvalue weighted by Gasteiger charge is 2.42. The van der Waals surface area contributed by atoms with Crippen LogP contribution in [0.5, 0.6) is 5.75 Å². The molecule has 1 fully saturated rings. The molecule has 0 radical (unpaired) electrons. The Bertz CT molecular complexity index is 1210. The Hall–Kier alpha value is -3.34. The molecule has 5 nitrogen and oxygen atoms in total. The van der Waals surface area contributed by atoms with Crippen LogP contribution in [0.15, 0.2) is 77.1 Å². The van der Waals surface area contributed by atoms with Crippen molar-refractivity contribution in [2.24, 2.45) is 0 Å². The van der Waals surface area contributed by atoms with E-state index in [2.05, 4.69) is 24.4 Å². The van der Waals surface area contributed by atoms with E-state index in [0.29, 0.717) is 24.2 Å². The number of ketones is 1. The third-order valence-electron chi connectivity index (χ3n) is 7.84. The van der Waals surface area contributed by atoms with Gasteiger partial charge in [0.05, 0.1) is 18.1 Å². The molecule has 1 heterocycles. The Morgan fingerprint density at radius 3 is 2.46 bits per heavy atom. The van der Waals surface area contributed by atoms with Gasteiger partial charge in [-0.15, -0.1) is 0 Å². The van der Waals surface area contributed by atoms with Crippen LogP contribution in [0.2, 0.25) is 0 Å². The van der Waals surface area contributed by atoms with Gasteiger partial charge in [0.25, 0.3) is 0 Å². The van der Waals surface area contributed by atoms with Crippen molar-refractivity contribution in [3.63, 3.8) is 0 Å². The van der Waals surface area contributed by atoms with Gasteiger partial charge in [-0.1, -0.05) is 61.9 Å². The van der Waals surface area contributed by atoms with Crippen LogP contribution in [-0.2, 0) is 14.3 Å². The average molecular weight is 500 g/mol. The molecule has 1 aliphatic heterocycles. The van der Waals surface area contributed by atoms with Gasteiger partial charge in [-0.25, -0.2) is 4.79 Å². The van der Waals surface area contributed by atoms with Crippen molar-refractivity contribution < 1.29 is 19.1 Å². The summed E-state index contributed by atoms with van der Waals surface area (Å²) >= 11 is 0. The summed E-state index contributed by atoms with van der Waals surface area (Å²) in [5.41, 5.74) is 4.90. The highest BCUT2D eigenvalue weighted by molar-refractivity contribution is 6.04. The number of hydrogen-bond acceptors (Lipinski definition) is 5. The minimum Gasteiger partial charge on any atom is -0.493 e. The normalized spacial score (nSPS) is 22.4. The number of hydrogen-bond donors (Lipinski definition) is 1. The van der Waals surface area contributed by atoms with Gasteiger partial charge >= 0.3 is 5.97 Å². The highest BCUT2D eigenvalue weighted by Crippen LogP contribution is 2.48. The molecule has 0 amide bonds. The summed E-state index contributed by atoms with van der Waals surface area (Å²) in [5.74, 6) is 0.0716. The first-order valence-electron chi connectivity index (χ1n) is 13.8. The molecule has 1 saturated carbocycles. The van der Waals surface area contributed by atoms with E-state index < -0.39 is 5.92 Å². The van der Waals surface area contributed by atoms with E-state index in [0.717, 1.165) is 66.8 Å². The minimum atomic E-state index is -0.510. The minimum absolute atomic E-state index is 0.0614. The fraction of sp³-hybridized carbons (Fsp3) is 0.438. The van der Waals surface area contributed by atoms with Crippen molar-refractivity contribution in [1.82, 2.24) is 5.32 Å². The summed E-state index contributed by atoms with van der Waals surface area (Å²) in [5, 5.41) is 3.48. The molecule has 2 unspecified atom stereocenters. The summed E-state index contributed by atoms with van der Waals surface area (Å²) in [6.07, 6.45) is 7.11. The Morgan fingerprint density at radius 2 is 1.70 bits per heavy atom. The summed E-state index contributed by atoms with van der Waals surface area (Å²) in [4.78, 5) is 27.6. The number of nitrogens with one attached hydrogen (secondary N) is 1. The lowest BCUT2D eigenvalue weighted by Gasteiger charge is -2.37. The summed E-state index contributed by atoms with van der Waals surface area (Å²) < 4.78 is 12.2. The number of ether oxygens (including phenoxy) is 2. The van der Waals surface area contributed by atoms with E-state index in [1.54, 1.807) is 0 Å². The molecule has 2 aromatic carbocycles. The van der Waals surface area contributed by atoms with Crippen LogP contribution in [0.1, 0.15) is 88.2 Å². The number of allylic oxidation sites excluding steroid dienone is 3. The first-order valence-corrected chi connectivity index (χ1v) is 13.8. The quantitative estimate of drug-likeness (QED) is 0.429. The predicted molar refractivity (Wildman–Crippen MR) is 144 cm³/mol. The molecule has 194 valence electrons. The number of dihydropyridines is 1. The predicted octanol–water partition coefficient (Wildman–Crippen LogP) is 6.71. The van der Waals surface area contributed by atoms with Crippen LogP contribution >= 0.6 is 0 Å². The zero-order chi connectivity index (χ0) is 25.8. The monoisotopic (exact) mass is 499 g/mol. The smallest absolute Gasteiger partial charge is 0.337 e. The van der Waals surface area contributed by atoms with Crippen LogP contribution in [-0.4, -0.2) is 24.5 Å². The Balaban J connectivity index is 1.56. The number of carbonyl (C=O) groups excluding carboxylic acids is 2. The molecule has 0 spiro atoms.